The molecule has 1 fully saturated rings. The van der Waals surface area contributed by atoms with E-state index in [-0.39, 0.29) is 43.2 Å². The molecule has 36 heavy (non-hydrogen) atoms. The molecule has 0 spiro atoms. The van der Waals surface area contributed by atoms with E-state index < -0.39 is 11.3 Å². The molecule has 4 rings (SSSR count). The molecule has 0 aliphatic carbocycles. The maximum atomic E-state index is 14.6. The number of fused-ring (bicyclic) bond motifs is 1. The van der Waals surface area contributed by atoms with Crippen molar-refractivity contribution in [1.82, 2.24) is 26.2 Å². The maximum Gasteiger partial charge on any atom is 0.286 e. The van der Waals surface area contributed by atoms with Gasteiger partial charge in [0.1, 0.15) is 17.8 Å². The predicted molar refractivity (Wildman–Crippen MR) is 135 cm³/mol. The fraction of sp³-hybridized carbons (Fsp3) is 0.542. The Hall–Kier alpha value is -3.21. The molecule has 4 aliphatic heterocycles. The summed E-state index contributed by atoms with van der Waals surface area (Å²) in [6.07, 6.45) is 6.89. The van der Waals surface area contributed by atoms with Crippen LogP contribution in [0.5, 0.6) is 0 Å². The van der Waals surface area contributed by atoms with Crippen LogP contribution in [0.1, 0.15) is 39.5 Å². The molecule has 4 heterocycles. The number of likely N-dealkylation sites (tertiary alicyclic amines) is 1. The molecule has 4 aliphatic rings. The summed E-state index contributed by atoms with van der Waals surface area (Å²) in [5, 5.41) is 15.5. The van der Waals surface area contributed by atoms with Gasteiger partial charge in [-0.05, 0) is 30.3 Å². The van der Waals surface area contributed by atoms with Gasteiger partial charge < -0.3 is 26.2 Å². The zero-order valence-electron chi connectivity index (χ0n) is 20.4. The number of carbonyl (C=O) groups excluding carboxylic acids is 2. The van der Waals surface area contributed by atoms with E-state index in [0.717, 1.165) is 24.0 Å². The van der Waals surface area contributed by atoms with Crippen LogP contribution in [0.4, 0.5) is 4.39 Å². The van der Waals surface area contributed by atoms with Gasteiger partial charge in [0.05, 0.1) is 11.6 Å². The molecule has 12 heteroatoms. The zero-order chi connectivity index (χ0) is 25.9. The van der Waals surface area contributed by atoms with E-state index in [1.54, 1.807) is 31.2 Å². The Morgan fingerprint density at radius 3 is 2.94 bits per heavy atom. The summed E-state index contributed by atoms with van der Waals surface area (Å²) in [7, 11) is 0. The Kier molecular flexibility index (Phi) is 7.77. The molecule has 0 aromatic heterocycles. The van der Waals surface area contributed by atoms with Gasteiger partial charge in [0, 0.05) is 61.2 Å². The van der Waals surface area contributed by atoms with Crippen LogP contribution in [-0.4, -0.2) is 55.3 Å². The molecule has 0 saturated carbocycles. The van der Waals surface area contributed by atoms with E-state index in [1.165, 1.54) is 0 Å². The molecule has 1 saturated heterocycles. The topological polar surface area (TPSA) is 127 Å². The fourth-order valence-electron chi connectivity index (χ4n) is 4.82. The molecule has 4 N–H and O–H groups in total. The summed E-state index contributed by atoms with van der Waals surface area (Å²) >= 11 is 6.14. The number of allylic oxidation sites excluding steroid dienone is 2. The van der Waals surface area contributed by atoms with Crippen LogP contribution >= 0.6 is 11.6 Å². The quantitative estimate of drug-likeness (QED) is 0.380. The summed E-state index contributed by atoms with van der Waals surface area (Å²) in [6.45, 7) is 5.27. The van der Waals surface area contributed by atoms with Crippen molar-refractivity contribution in [3.05, 3.63) is 50.8 Å². The first kappa shape index (κ1) is 25.9. The van der Waals surface area contributed by atoms with E-state index >= 15 is 0 Å². The highest BCUT2D eigenvalue weighted by molar-refractivity contribution is 6.31. The molecule has 0 bridgehead atoms. The van der Waals surface area contributed by atoms with Crippen LogP contribution in [0.25, 0.3) is 0 Å². The second-order valence-corrected chi connectivity index (χ2v) is 10.7. The van der Waals surface area contributed by atoms with Crippen molar-refractivity contribution in [2.24, 2.45) is 21.5 Å². The number of nitroso groups, excluding NO2 is 1. The number of rotatable bonds is 7. The minimum absolute atomic E-state index is 0.0374. The minimum atomic E-state index is -0.748. The van der Waals surface area contributed by atoms with Gasteiger partial charge in [0.15, 0.2) is 5.83 Å². The normalized spacial score (nSPS) is 25.7. The molecule has 0 radical (unpaired) electrons. The molecular weight excluding hydrogens is 489 g/mol. The van der Waals surface area contributed by atoms with Gasteiger partial charge in [-0.3, -0.25) is 14.6 Å². The van der Waals surface area contributed by atoms with Crippen LogP contribution in [0.2, 0.25) is 0 Å². The number of nitrogens with zero attached hydrogens (tertiary/aromatic N) is 3. The second-order valence-electron chi connectivity index (χ2n) is 10.3. The van der Waals surface area contributed by atoms with Crippen molar-refractivity contribution in [1.29, 1.82) is 0 Å². The largest absolute Gasteiger partial charge is 0.369 e. The summed E-state index contributed by atoms with van der Waals surface area (Å²) in [6, 6.07) is 0. The third-order valence-corrected chi connectivity index (χ3v) is 6.86. The Labute approximate surface area is 214 Å². The number of hydrogen-bond donors (Lipinski definition) is 4. The Bertz CT molecular complexity index is 1100. The predicted octanol–water partition coefficient (Wildman–Crippen LogP) is 2.48. The van der Waals surface area contributed by atoms with Crippen LogP contribution in [0.15, 0.2) is 56.1 Å². The van der Waals surface area contributed by atoms with Gasteiger partial charge in [0.25, 0.3) is 5.91 Å². The average Bonchev–Trinajstić information content (AvgIpc) is 3.26. The highest BCUT2D eigenvalue weighted by Crippen LogP contribution is 2.30. The monoisotopic (exact) mass is 519 g/mol. The van der Waals surface area contributed by atoms with Crippen LogP contribution < -0.4 is 21.3 Å². The van der Waals surface area contributed by atoms with Crippen molar-refractivity contribution in [3.8, 4) is 0 Å². The summed E-state index contributed by atoms with van der Waals surface area (Å²) < 4.78 is 14.6. The number of nitrogens with one attached hydrogen (secondary N) is 4. The first-order valence-corrected chi connectivity index (χ1v) is 12.4. The van der Waals surface area contributed by atoms with E-state index in [4.69, 9.17) is 11.6 Å². The summed E-state index contributed by atoms with van der Waals surface area (Å²) in [5.41, 5.74) is 1.07. The van der Waals surface area contributed by atoms with Gasteiger partial charge in [-0.25, -0.2) is 4.39 Å². The molecule has 2 atom stereocenters. The number of piperidine rings is 1. The summed E-state index contributed by atoms with van der Waals surface area (Å²) in [4.78, 5) is 40.9. The zero-order valence-corrected chi connectivity index (χ0v) is 21.1. The SMILES string of the molecule is CC(C)(CC(=O)N=O)CC(=O)N1CCC[C@H](CNC2=C(F)CNC(=C3C=N[C@@H]4NC=C(Cl)C=C34)N2)C1. The molecule has 0 aromatic carbocycles. The first-order chi connectivity index (χ1) is 17.1. The maximum absolute atomic E-state index is 14.6. The minimum Gasteiger partial charge on any atom is -0.369 e. The van der Waals surface area contributed by atoms with E-state index in [2.05, 4.69) is 31.4 Å². The van der Waals surface area contributed by atoms with Crippen molar-refractivity contribution >= 4 is 29.6 Å². The van der Waals surface area contributed by atoms with Crippen LogP contribution in [0, 0.1) is 16.2 Å². The van der Waals surface area contributed by atoms with Crippen molar-refractivity contribution < 1.29 is 14.0 Å². The second kappa shape index (κ2) is 10.8. The van der Waals surface area contributed by atoms with E-state index in [9.17, 15) is 18.9 Å². The standard InChI is InChI=1S/C24H31ClFN7O3/c1-24(2,7-19(34)32-36)8-20(35)33-5-3-4-14(13-33)9-27-23-18(26)12-30-22(31-23)17-11-29-21-16(17)6-15(25)10-28-21/h6,10-11,14,21,27-28,30-31H,3-5,7-9,12-13H2,1-2H3/t14-,21+/m1/s1. The molecule has 0 unspecified atom stereocenters. The van der Waals surface area contributed by atoms with Crippen molar-refractivity contribution in [2.45, 2.75) is 45.7 Å². The molecule has 194 valence electrons. The van der Waals surface area contributed by atoms with Crippen LogP contribution in [0.3, 0.4) is 0 Å². The lowest BCUT2D eigenvalue weighted by atomic mass is 9.84. The van der Waals surface area contributed by atoms with Crippen molar-refractivity contribution in [2.75, 3.05) is 26.2 Å². The Morgan fingerprint density at radius 1 is 1.36 bits per heavy atom. The lowest BCUT2D eigenvalue weighted by Crippen LogP contribution is -2.46. The smallest absolute Gasteiger partial charge is 0.286 e. The fourth-order valence-corrected chi connectivity index (χ4v) is 5.00. The van der Waals surface area contributed by atoms with Gasteiger partial charge in [-0.1, -0.05) is 25.4 Å². The number of amides is 2. The lowest BCUT2D eigenvalue weighted by molar-refractivity contribution is -0.135. The molecular formula is C24H31ClFN7O3. The van der Waals surface area contributed by atoms with Gasteiger partial charge in [-0.2, -0.15) is 0 Å². The summed E-state index contributed by atoms with van der Waals surface area (Å²) in [5.74, 6) is -0.0574. The molecule has 0 aromatic rings. The van der Waals surface area contributed by atoms with Gasteiger partial charge in [-0.15, -0.1) is 4.91 Å². The third kappa shape index (κ3) is 6.13. The van der Waals surface area contributed by atoms with Gasteiger partial charge in [0.2, 0.25) is 5.91 Å². The van der Waals surface area contributed by atoms with Crippen molar-refractivity contribution in [3.63, 3.8) is 0 Å². The number of dihydropyridines is 1. The first-order valence-electron chi connectivity index (χ1n) is 12.0. The lowest BCUT2D eigenvalue weighted by Gasteiger charge is -2.35. The Balaban J connectivity index is 1.34. The Morgan fingerprint density at radius 2 is 2.17 bits per heavy atom. The molecule has 2 amide bonds. The number of carbonyl (C=O) groups is 2. The highest BCUT2D eigenvalue weighted by atomic mass is 35.5. The van der Waals surface area contributed by atoms with E-state index in [1.807, 2.05) is 6.08 Å². The number of aliphatic imine (C=N–C) groups is 1. The number of halogens is 2. The van der Waals surface area contributed by atoms with E-state index in [0.29, 0.717) is 36.3 Å². The van der Waals surface area contributed by atoms with Crippen LogP contribution in [-0.2, 0) is 9.59 Å². The molecule has 10 nitrogen and oxygen atoms in total. The highest BCUT2D eigenvalue weighted by Gasteiger charge is 2.32. The third-order valence-electron chi connectivity index (χ3n) is 6.64. The van der Waals surface area contributed by atoms with Gasteiger partial charge >= 0.3 is 0 Å². The average molecular weight is 520 g/mol. The number of hydrogen-bond acceptors (Lipinski definition) is 8.